The van der Waals surface area contributed by atoms with E-state index < -0.39 is 0 Å². The van der Waals surface area contributed by atoms with Crippen LogP contribution in [0.5, 0.6) is 0 Å². The first kappa shape index (κ1) is 19.4. The van der Waals surface area contributed by atoms with Crippen LogP contribution in [-0.4, -0.2) is 34.2 Å². The quantitative estimate of drug-likeness (QED) is 0.575. The molecule has 3 aromatic rings. The molecule has 0 spiro atoms. The molecule has 1 aromatic heterocycles. The number of rotatable bonds is 5. The molecule has 4 heteroatoms. The van der Waals surface area contributed by atoms with Gasteiger partial charge in [-0.05, 0) is 24.8 Å². The number of fused-ring (bicyclic) bond motifs is 1. The van der Waals surface area contributed by atoms with Crippen LogP contribution in [0.2, 0.25) is 0 Å². The Kier molecular flexibility index (Phi) is 5.52. The lowest BCUT2D eigenvalue weighted by Crippen LogP contribution is -2.40. The largest absolute Gasteiger partial charge is 0.346 e. The number of likely N-dealkylation sites (tertiary alicyclic amines) is 1. The van der Waals surface area contributed by atoms with Crippen molar-refractivity contribution in [3.63, 3.8) is 0 Å². The Morgan fingerprint density at radius 1 is 0.966 bits per heavy atom. The Morgan fingerprint density at radius 2 is 1.62 bits per heavy atom. The SMILES string of the molecule is CC(C)Cn1cc(C(=O)N2CCC(C(=O)c3ccccc3)CC2)c2ccccc21. The van der Waals surface area contributed by atoms with E-state index in [0.29, 0.717) is 19.0 Å². The summed E-state index contributed by atoms with van der Waals surface area (Å²) in [7, 11) is 0. The average molecular weight is 389 g/mol. The molecular weight excluding hydrogens is 360 g/mol. The second-order valence-corrected chi connectivity index (χ2v) is 8.40. The number of benzene rings is 2. The Bertz CT molecular complexity index is 1010. The summed E-state index contributed by atoms with van der Waals surface area (Å²) in [5.41, 5.74) is 2.65. The van der Waals surface area contributed by atoms with Crippen LogP contribution in [0.15, 0.2) is 60.8 Å². The van der Waals surface area contributed by atoms with Crippen molar-refractivity contribution in [1.29, 1.82) is 0 Å². The number of hydrogen-bond acceptors (Lipinski definition) is 2. The van der Waals surface area contributed by atoms with Crippen molar-refractivity contribution in [2.24, 2.45) is 11.8 Å². The van der Waals surface area contributed by atoms with Gasteiger partial charge in [0.05, 0.1) is 5.56 Å². The normalized spacial score (nSPS) is 15.2. The van der Waals surface area contributed by atoms with Crippen LogP contribution < -0.4 is 0 Å². The maximum Gasteiger partial charge on any atom is 0.256 e. The van der Waals surface area contributed by atoms with Crippen LogP contribution in [0, 0.1) is 11.8 Å². The summed E-state index contributed by atoms with van der Waals surface area (Å²) >= 11 is 0. The molecule has 0 radical (unpaired) electrons. The van der Waals surface area contributed by atoms with Gasteiger partial charge in [0.25, 0.3) is 5.91 Å². The van der Waals surface area contributed by atoms with Crippen molar-refractivity contribution in [2.45, 2.75) is 33.2 Å². The highest BCUT2D eigenvalue weighted by Gasteiger charge is 2.29. The van der Waals surface area contributed by atoms with Gasteiger partial charge in [-0.15, -0.1) is 0 Å². The van der Waals surface area contributed by atoms with Gasteiger partial charge in [0.2, 0.25) is 0 Å². The molecule has 0 N–H and O–H groups in total. The van der Waals surface area contributed by atoms with Crippen LogP contribution in [0.1, 0.15) is 47.4 Å². The zero-order chi connectivity index (χ0) is 20.4. The first-order valence-corrected chi connectivity index (χ1v) is 10.5. The molecule has 0 unspecified atom stereocenters. The second kappa shape index (κ2) is 8.24. The van der Waals surface area contributed by atoms with Gasteiger partial charge in [-0.3, -0.25) is 9.59 Å². The Balaban J connectivity index is 1.50. The molecule has 1 fully saturated rings. The molecule has 150 valence electrons. The van der Waals surface area contributed by atoms with E-state index in [2.05, 4.69) is 24.5 Å². The van der Waals surface area contributed by atoms with Gasteiger partial charge < -0.3 is 9.47 Å². The van der Waals surface area contributed by atoms with Crippen LogP contribution in [-0.2, 0) is 6.54 Å². The molecule has 4 nitrogen and oxygen atoms in total. The van der Waals surface area contributed by atoms with Gasteiger partial charge in [-0.2, -0.15) is 0 Å². The molecular formula is C25H28N2O2. The maximum atomic E-state index is 13.3. The third-order valence-electron chi connectivity index (χ3n) is 5.79. The number of para-hydroxylation sites is 1. The van der Waals surface area contributed by atoms with Crippen molar-refractivity contribution in [3.8, 4) is 0 Å². The fourth-order valence-electron chi connectivity index (χ4n) is 4.31. The highest BCUT2D eigenvalue weighted by molar-refractivity contribution is 6.07. The second-order valence-electron chi connectivity index (χ2n) is 8.40. The molecule has 1 aliphatic rings. The van der Waals surface area contributed by atoms with Crippen molar-refractivity contribution >= 4 is 22.6 Å². The van der Waals surface area contributed by atoms with E-state index in [4.69, 9.17) is 0 Å². The van der Waals surface area contributed by atoms with Gasteiger partial charge in [0.15, 0.2) is 5.78 Å². The lowest BCUT2D eigenvalue weighted by atomic mass is 9.88. The van der Waals surface area contributed by atoms with Crippen molar-refractivity contribution in [2.75, 3.05) is 13.1 Å². The number of carbonyl (C=O) groups is 2. The van der Waals surface area contributed by atoms with Crippen molar-refractivity contribution in [1.82, 2.24) is 9.47 Å². The van der Waals surface area contributed by atoms with E-state index in [0.717, 1.165) is 41.4 Å². The molecule has 29 heavy (non-hydrogen) atoms. The summed E-state index contributed by atoms with van der Waals surface area (Å²) in [5, 5.41) is 1.01. The number of nitrogens with zero attached hydrogens (tertiary/aromatic N) is 2. The van der Waals surface area contributed by atoms with Gasteiger partial charge >= 0.3 is 0 Å². The summed E-state index contributed by atoms with van der Waals surface area (Å²) in [6.45, 7) is 6.52. The number of amides is 1. The van der Waals surface area contributed by atoms with E-state index in [9.17, 15) is 9.59 Å². The predicted octanol–water partition coefficient (Wildman–Crippen LogP) is 5.03. The zero-order valence-corrected chi connectivity index (χ0v) is 17.2. The number of hydrogen-bond donors (Lipinski definition) is 0. The number of ketones is 1. The third kappa shape index (κ3) is 3.98. The van der Waals surface area contributed by atoms with Crippen molar-refractivity contribution in [3.05, 3.63) is 71.9 Å². The third-order valence-corrected chi connectivity index (χ3v) is 5.79. The fraction of sp³-hybridized carbons (Fsp3) is 0.360. The number of carbonyl (C=O) groups excluding carboxylic acids is 2. The van der Waals surface area contributed by atoms with Crippen molar-refractivity contribution < 1.29 is 9.59 Å². The molecule has 2 heterocycles. The molecule has 1 aliphatic heterocycles. The Morgan fingerprint density at radius 3 is 2.31 bits per heavy atom. The minimum Gasteiger partial charge on any atom is -0.346 e. The van der Waals surface area contributed by atoms with E-state index in [1.54, 1.807) is 0 Å². The number of aromatic nitrogens is 1. The van der Waals surface area contributed by atoms with Gasteiger partial charge in [-0.25, -0.2) is 0 Å². The van der Waals surface area contributed by atoms with Gasteiger partial charge in [0.1, 0.15) is 0 Å². The smallest absolute Gasteiger partial charge is 0.256 e. The van der Waals surface area contributed by atoms with E-state index in [-0.39, 0.29) is 17.6 Å². The van der Waals surface area contributed by atoms with Gasteiger partial charge in [0, 0.05) is 48.2 Å². The van der Waals surface area contributed by atoms with Gasteiger partial charge in [-0.1, -0.05) is 62.4 Å². The highest BCUT2D eigenvalue weighted by atomic mass is 16.2. The predicted molar refractivity (Wildman–Crippen MR) is 116 cm³/mol. The lowest BCUT2D eigenvalue weighted by molar-refractivity contribution is 0.0651. The van der Waals surface area contributed by atoms with Crippen LogP contribution in [0.25, 0.3) is 10.9 Å². The van der Waals surface area contributed by atoms with E-state index in [1.165, 1.54) is 0 Å². The monoisotopic (exact) mass is 388 g/mol. The molecule has 4 rings (SSSR count). The summed E-state index contributed by atoms with van der Waals surface area (Å²) in [6.07, 6.45) is 3.46. The molecule has 0 atom stereocenters. The van der Waals surface area contributed by atoms with Crippen LogP contribution in [0.4, 0.5) is 0 Å². The summed E-state index contributed by atoms with van der Waals surface area (Å²) < 4.78 is 2.19. The molecule has 0 aliphatic carbocycles. The summed E-state index contributed by atoms with van der Waals surface area (Å²) in [6, 6.07) is 17.6. The van der Waals surface area contributed by atoms with Crippen LogP contribution in [0.3, 0.4) is 0 Å². The first-order valence-electron chi connectivity index (χ1n) is 10.5. The summed E-state index contributed by atoms with van der Waals surface area (Å²) in [5.74, 6) is 0.790. The molecule has 2 aromatic carbocycles. The standard InChI is InChI=1S/C25H28N2O2/c1-18(2)16-27-17-22(21-10-6-7-11-23(21)27)25(29)26-14-12-20(13-15-26)24(28)19-8-4-3-5-9-19/h3-11,17-18,20H,12-16H2,1-2H3. The summed E-state index contributed by atoms with van der Waals surface area (Å²) in [4.78, 5) is 27.9. The molecule has 0 bridgehead atoms. The average Bonchev–Trinajstić information content (AvgIpc) is 3.11. The van der Waals surface area contributed by atoms with E-state index in [1.807, 2.05) is 59.6 Å². The molecule has 1 amide bonds. The minimum absolute atomic E-state index is 0.00346. The van der Waals surface area contributed by atoms with Crippen LogP contribution >= 0.6 is 0 Å². The fourth-order valence-corrected chi connectivity index (χ4v) is 4.31. The Labute approximate surface area is 172 Å². The molecule has 0 saturated carbocycles. The Hall–Kier alpha value is -2.88. The number of Topliss-reactive ketones (excluding diaryl/α,β-unsaturated/α-hetero) is 1. The first-order chi connectivity index (χ1) is 14.0. The maximum absolute atomic E-state index is 13.3. The lowest BCUT2D eigenvalue weighted by Gasteiger charge is -2.31. The highest BCUT2D eigenvalue weighted by Crippen LogP contribution is 2.27. The number of piperidine rings is 1. The zero-order valence-electron chi connectivity index (χ0n) is 17.2. The van der Waals surface area contributed by atoms with E-state index >= 15 is 0 Å². The molecule has 1 saturated heterocycles. The topological polar surface area (TPSA) is 42.3 Å². The minimum atomic E-state index is 0.00346.